The molecule has 0 unspecified atom stereocenters. The summed E-state index contributed by atoms with van der Waals surface area (Å²) < 4.78 is 10.9. The Morgan fingerprint density at radius 1 is 1.00 bits per heavy atom. The smallest absolute Gasteiger partial charge is 0.220 e. The lowest BCUT2D eigenvalue weighted by Crippen LogP contribution is -2.28. The molecule has 0 spiro atoms. The van der Waals surface area contributed by atoms with E-state index in [1.807, 2.05) is 54.6 Å². The number of rotatable bonds is 11. The van der Waals surface area contributed by atoms with Gasteiger partial charge in [-0.1, -0.05) is 55.8 Å². The molecule has 1 atom stereocenters. The van der Waals surface area contributed by atoms with Crippen LogP contribution in [0.3, 0.4) is 0 Å². The number of nitrogens with one attached hydrogen (secondary N) is 1. The minimum Gasteiger partial charge on any atom is -0.497 e. The lowest BCUT2D eigenvalue weighted by Gasteiger charge is -2.18. The summed E-state index contributed by atoms with van der Waals surface area (Å²) >= 11 is 0. The fourth-order valence-electron chi connectivity index (χ4n) is 3.32. The van der Waals surface area contributed by atoms with Crippen LogP contribution in [0.1, 0.15) is 55.1 Å². The van der Waals surface area contributed by atoms with Crippen molar-refractivity contribution in [2.45, 2.75) is 51.5 Å². The standard InChI is InChI=1S/C24H29N3O3/c1-3-7-21(19-8-5-4-6-9-19)25-22(28)15-17-24-27-26-23(30-24)16-12-18-10-13-20(29-2)14-11-18/h4-6,8-11,13-14,21H,3,7,12,15-17H2,1-2H3,(H,25,28)/t21-/m1/s1. The molecule has 1 N–H and O–H groups in total. The van der Waals surface area contributed by atoms with Crippen molar-refractivity contribution in [3.05, 3.63) is 77.5 Å². The number of hydrogen-bond donors (Lipinski definition) is 1. The summed E-state index contributed by atoms with van der Waals surface area (Å²) in [5.41, 5.74) is 2.31. The van der Waals surface area contributed by atoms with Crippen LogP contribution in [-0.4, -0.2) is 23.2 Å². The minimum atomic E-state index is -0.00436. The van der Waals surface area contributed by atoms with E-state index in [1.165, 1.54) is 5.56 Å². The molecule has 0 aliphatic carbocycles. The molecular formula is C24H29N3O3. The molecule has 0 bridgehead atoms. The first-order valence-electron chi connectivity index (χ1n) is 10.5. The molecule has 2 aromatic carbocycles. The van der Waals surface area contributed by atoms with Gasteiger partial charge in [0.1, 0.15) is 5.75 Å². The fraction of sp³-hybridized carbons (Fsp3) is 0.375. The number of benzene rings is 2. The van der Waals surface area contributed by atoms with E-state index in [4.69, 9.17) is 9.15 Å². The van der Waals surface area contributed by atoms with Crippen LogP contribution in [0.4, 0.5) is 0 Å². The fourth-order valence-corrected chi connectivity index (χ4v) is 3.32. The van der Waals surface area contributed by atoms with E-state index >= 15 is 0 Å². The molecule has 0 fully saturated rings. The van der Waals surface area contributed by atoms with E-state index in [0.717, 1.165) is 30.6 Å². The molecule has 0 saturated carbocycles. The van der Waals surface area contributed by atoms with Crippen LogP contribution in [0.25, 0.3) is 0 Å². The highest BCUT2D eigenvalue weighted by Gasteiger charge is 2.15. The predicted molar refractivity (Wildman–Crippen MR) is 115 cm³/mol. The van der Waals surface area contributed by atoms with Gasteiger partial charge in [0.25, 0.3) is 0 Å². The molecule has 0 aliphatic rings. The quantitative estimate of drug-likeness (QED) is 0.508. The van der Waals surface area contributed by atoms with Gasteiger partial charge < -0.3 is 14.5 Å². The van der Waals surface area contributed by atoms with Gasteiger partial charge in [0.05, 0.1) is 13.2 Å². The monoisotopic (exact) mass is 407 g/mol. The maximum absolute atomic E-state index is 12.4. The zero-order chi connectivity index (χ0) is 21.2. The maximum atomic E-state index is 12.4. The van der Waals surface area contributed by atoms with Crippen molar-refractivity contribution in [2.75, 3.05) is 7.11 Å². The Kier molecular flexibility index (Phi) is 8.01. The zero-order valence-corrected chi connectivity index (χ0v) is 17.6. The summed E-state index contributed by atoms with van der Waals surface area (Å²) in [5.74, 6) is 1.93. The molecule has 158 valence electrons. The van der Waals surface area contributed by atoms with Crippen LogP contribution in [0.2, 0.25) is 0 Å². The first kappa shape index (κ1) is 21.6. The van der Waals surface area contributed by atoms with Crippen LogP contribution >= 0.6 is 0 Å². The molecule has 1 aromatic heterocycles. The number of carbonyl (C=O) groups excluding carboxylic acids is 1. The Bertz CT molecular complexity index is 907. The third kappa shape index (κ3) is 6.44. The maximum Gasteiger partial charge on any atom is 0.220 e. The van der Waals surface area contributed by atoms with Gasteiger partial charge in [-0.2, -0.15) is 0 Å². The van der Waals surface area contributed by atoms with Crippen molar-refractivity contribution in [3.8, 4) is 5.75 Å². The summed E-state index contributed by atoms with van der Waals surface area (Å²) in [5, 5.41) is 11.3. The van der Waals surface area contributed by atoms with E-state index in [2.05, 4.69) is 22.4 Å². The van der Waals surface area contributed by atoms with E-state index < -0.39 is 0 Å². The Balaban J connectivity index is 1.46. The second-order valence-electron chi connectivity index (χ2n) is 7.26. The molecule has 0 saturated heterocycles. The number of methoxy groups -OCH3 is 1. The Morgan fingerprint density at radius 2 is 1.70 bits per heavy atom. The van der Waals surface area contributed by atoms with Gasteiger partial charge >= 0.3 is 0 Å². The number of ether oxygens (including phenoxy) is 1. The van der Waals surface area contributed by atoms with Crippen LogP contribution in [0, 0.1) is 0 Å². The lowest BCUT2D eigenvalue weighted by atomic mass is 10.0. The lowest BCUT2D eigenvalue weighted by molar-refractivity contribution is -0.121. The summed E-state index contributed by atoms with van der Waals surface area (Å²) in [6.07, 6.45) is 4.15. The molecule has 3 rings (SSSR count). The number of aryl methyl sites for hydroxylation is 3. The first-order chi connectivity index (χ1) is 14.7. The highest BCUT2D eigenvalue weighted by atomic mass is 16.5. The van der Waals surface area contributed by atoms with Crippen molar-refractivity contribution in [1.29, 1.82) is 0 Å². The Labute approximate surface area is 177 Å². The molecule has 3 aromatic rings. The van der Waals surface area contributed by atoms with E-state index in [1.54, 1.807) is 7.11 Å². The van der Waals surface area contributed by atoms with Gasteiger partial charge in [-0.25, -0.2) is 0 Å². The molecule has 1 amide bonds. The highest BCUT2D eigenvalue weighted by Crippen LogP contribution is 2.18. The molecule has 0 aliphatic heterocycles. The van der Waals surface area contributed by atoms with Gasteiger partial charge in [-0.15, -0.1) is 10.2 Å². The third-order valence-electron chi connectivity index (χ3n) is 4.98. The molecular weight excluding hydrogens is 378 g/mol. The average molecular weight is 408 g/mol. The van der Waals surface area contributed by atoms with Crippen LogP contribution in [-0.2, 0) is 24.1 Å². The van der Waals surface area contributed by atoms with E-state index in [0.29, 0.717) is 31.0 Å². The van der Waals surface area contributed by atoms with Crippen molar-refractivity contribution in [2.24, 2.45) is 0 Å². The van der Waals surface area contributed by atoms with Gasteiger partial charge in [-0.05, 0) is 36.1 Å². The Morgan fingerprint density at radius 3 is 2.37 bits per heavy atom. The van der Waals surface area contributed by atoms with Gasteiger partial charge in [0.15, 0.2) is 0 Å². The Hall–Kier alpha value is -3.15. The second-order valence-corrected chi connectivity index (χ2v) is 7.26. The van der Waals surface area contributed by atoms with Crippen molar-refractivity contribution >= 4 is 5.91 Å². The highest BCUT2D eigenvalue weighted by molar-refractivity contribution is 5.76. The van der Waals surface area contributed by atoms with Crippen molar-refractivity contribution in [3.63, 3.8) is 0 Å². The van der Waals surface area contributed by atoms with Crippen LogP contribution in [0.5, 0.6) is 5.75 Å². The minimum absolute atomic E-state index is 0.00436. The number of nitrogens with zero attached hydrogens (tertiary/aromatic N) is 2. The summed E-state index contributed by atoms with van der Waals surface area (Å²) in [6, 6.07) is 18.0. The van der Waals surface area contributed by atoms with Crippen molar-refractivity contribution < 1.29 is 13.9 Å². The topological polar surface area (TPSA) is 77.2 Å². The first-order valence-corrected chi connectivity index (χ1v) is 10.5. The number of carbonyl (C=O) groups is 1. The zero-order valence-electron chi connectivity index (χ0n) is 17.6. The SMILES string of the molecule is CCC[C@@H](NC(=O)CCc1nnc(CCc2ccc(OC)cc2)o1)c1ccccc1. The molecule has 0 radical (unpaired) electrons. The number of aromatic nitrogens is 2. The van der Waals surface area contributed by atoms with Gasteiger partial charge in [-0.3, -0.25) is 4.79 Å². The second kappa shape index (κ2) is 11.1. The summed E-state index contributed by atoms with van der Waals surface area (Å²) in [7, 11) is 1.65. The van der Waals surface area contributed by atoms with Crippen LogP contribution in [0.15, 0.2) is 59.0 Å². The number of hydrogen-bond acceptors (Lipinski definition) is 5. The molecule has 30 heavy (non-hydrogen) atoms. The van der Waals surface area contributed by atoms with Crippen LogP contribution < -0.4 is 10.1 Å². The molecule has 6 heteroatoms. The third-order valence-corrected chi connectivity index (χ3v) is 4.98. The van der Waals surface area contributed by atoms with E-state index in [9.17, 15) is 4.79 Å². The average Bonchev–Trinajstić information content (AvgIpc) is 3.25. The summed E-state index contributed by atoms with van der Waals surface area (Å²) in [6.45, 7) is 2.12. The van der Waals surface area contributed by atoms with Gasteiger partial charge in [0.2, 0.25) is 17.7 Å². The number of amides is 1. The van der Waals surface area contributed by atoms with E-state index in [-0.39, 0.29) is 11.9 Å². The largest absolute Gasteiger partial charge is 0.497 e. The predicted octanol–water partition coefficient (Wildman–Crippen LogP) is 4.45. The molecule has 1 heterocycles. The molecule has 6 nitrogen and oxygen atoms in total. The van der Waals surface area contributed by atoms with Crippen molar-refractivity contribution in [1.82, 2.24) is 15.5 Å². The van der Waals surface area contributed by atoms with Gasteiger partial charge in [0, 0.05) is 19.3 Å². The summed E-state index contributed by atoms with van der Waals surface area (Å²) in [4.78, 5) is 12.4. The normalized spacial score (nSPS) is 11.8.